The Kier molecular flexibility index (Phi) is 3.25. The third kappa shape index (κ3) is 2.60. The molecular formula is C10H13F3OSi. The van der Waals surface area contributed by atoms with Crippen molar-refractivity contribution >= 4 is 13.3 Å². The standard InChI is InChI=1S/C10H13F3OSi/c1-15(2,9(14)10(11,12)13)8-6-4-3-5-7-8/h3-7,9,14H,1-2H3. The molecule has 15 heavy (non-hydrogen) atoms. The van der Waals surface area contributed by atoms with E-state index in [1.54, 1.807) is 30.3 Å². The van der Waals surface area contributed by atoms with Gasteiger partial charge in [-0.3, -0.25) is 0 Å². The lowest BCUT2D eigenvalue weighted by Crippen LogP contribution is -2.58. The fraction of sp³-hybridized carbons (Fsp3) is 0.400. The van der Waals surface area contributed by atoms with Gasteiger partial charge in [-0.1, -0.05) is 48.6 Å². The molecule has 1 aromatic carbocycles. The fourth-order valence-electron chi connectivity index (χ4n) is 1.43. The zero-order chi connectivity index (χ0) is 11.7. The van der Waals surface area contributed by atoms with Crippen molar-refractivity contribution < 1.29 is 18.3 Å². The minimum Gasteiger partial charge on any atom is -0.387 e. The smallest absolute Gasteiger partial charge is 0.387 e. The molecule has 0 aliphatic rings. The lowest BCUT2D eigenvalue weighted by molar-refractivity contribution is -0.179. The van der Waals surface area contributed by atoms with Crippen LogP contribution in [0.3, 0.4) is 0 Å². The first-order valence-corrected chi connectivity index (χ1v) is 7.64. The molecule has 5 heteroatoms. The number of aliphatic hydroxyl groups is 1. The third-order valence-electron chi connectivity index (χ3n) is 2.51. The average Bonchev–Trinajstić information content (AvgIpc) is 2.16. The molecule has 1 nitrogen and oxygen atoms in total. The number of hydrogen-bond donors (Lipinski definition) is 1. The molecule has 0 radical (unpaired) electrons. The summed E-state index contributed by atoms with van der Waals surface area (Å²) >= 11 is 0. The molecule has 1 aromatic rings. The maximum Gasteiger partial charge on any atom is 0.411 e. The van der Waals surface area contributed by atoms with Crippen LogP contribution >= 0.6 is 0 Å². The van der Waals surface area contributed by atoms with Crippen LogP contribution in [-0.2, 0) is 0 Å². The van der Waals surface area contributed by atoms with Crippen LogP contribution in [0.15, 0.2) is 30.3 Å². The Labute approximate surface area is 87.6 Å². The van der Waals surface area contributed by atoms with Crippen molar-refractivity contribution in [2.24, 2.45) is 0 Å². The summed E-state index contributed by atoms with van der Waals surface area (Å²) in [5.41, 5.74) is -2.22. The summed E-state index contributed by atoms with van der Waals surface area (Å²) in [4.78, 5) is 0. The van der Waals surface area contributed by atoms with Gasteiger partial charge in [-0.15, -0.1) is 0 Å². The predicted octanol–water partition coefficient (Wildman–Crippen LogP) is 2.06. The largest absolute Gasteiger partial charge is 0.411 e. The van der Waals surface area contributed by atoms with Gasteiger partial charge in [-0.05, 0) is 0 Å². The second-order valence-electron chi connectivity index (χ2n) is 4.03. The van der Waals surface area contributed by atoms with Gasteiger partial charge in [0.15, 0.2) is 0 Å². The Balaban J connectivity index is 3.03. The summed E-state index contributed by atoms with van der Waals surface area (Å²) in [6, 6.07) is 8.40. The van der Waals surface area contributed by atoms with Crippen molar-refractivity contribution in [2.75, 3.05) is 0 Å². The minimum atomic E-state index is -4.54. The molecule has 0 heterocycles. The van der Waals surface area contributed by atoms with Gasteiger partial charge >= 0.3 is 6.18 Å². The van der Waals surface area contributed by atoms with Crippen LogP contribution in [-0.4, -0.2) is 25.1 Å². The number of halogens is 3. The van der Waals surface area contributed by atoms with Crippen LogP contribution in [0.2, 0.25) is 13.1 Å². The van der Waals surface area contributed by atoms with E-state index in [4.69, 9.17) is 0 Å². The van der Waals surface area contributed by atoms with Crippen LogP contribution < -0.4 is 5.19 Å². The molecule has 0 aliphatic heterocycles. The van der Waals surface area contributed by atoms with Crippen LogP contribution in [0, 0.1) is 0 Å². The van der Waals surface area contributed by atoms with Crippen LogP contribution in [0.1, 0.15) is 0 Å². The predicted molar refractivity (Wildman–Crippen MR) is 55.6 cm³/mol. The second-order valence-corrected chi connectivity index (χ2v) is 8.60. The van der Waals surface area contributed by atoms with Crippen molar-refractivity contribution in [1.82, 2.24) is 0 Å². The van der Waals surface area contributed by atoms with E-state index in [1.165, 1.54) is 13.1 Å². The molecule has 1 atom stereocenters. The Hall–Kier alpha value is -0.813. The van der Waals surface area contributed by atoms with Crippen molar-refractivity contribution in [3.8, 4) is 0 Å². The van der Waals surface area contributed by atoms with Crippen LogP contribution in [0.4, 0.5) is 13.2 Å². The van der Waals surface area contributed by atoms with Crippen LogP contribution in [0.25, 0.3) is 0 Å². The van der Waals surface area contributed by atoms with Gasteiger partial charge in [0.25, 0.3) is 0 Å². The van der Waals surface area contributed by atoms with Crippen molar-refractivity contribution in [2.45, 2.75) is 25.0 Å². The molecule has 1 rings (SSSR count). The van der Waals surface area contributed by atoms with Crippen molar-refractivity contribution in [1.29, 1.82) is 0 Å². The maximum absolute atomic E-state index is 12.4. The lowest BCUT2D eigenvalue weighted by atomic mass is 10.4. The number of hydrogen-bond acceptors (Lipinski definition) is 1. The Bertz CT molecular complexity index is 321. The lowest BCUT2D eigenvalue weighted by Gasteiger charge is -2.30. The first-order chi connectivity index (χ1) is 6.76. The highest BCUT2D eigenvalue weighted by Crippen LogP contribution is 2.26. The van der Waals surface area contributed by atoms with Gasteiger partial charge < -0.3 is 5.11 Å². The van der Waals surface area contributed by atoms with E-state index in [0.29, 0.717) is 5.19 Å². The van der Waals surface area contributed by atoms with E-state index >= 15 is 0 Å². The molecule has 1 N–H and O–H groups in total. The molecule has 0 bridgehead atoms. The SMILES string of the molecule is C[Si](C)(c1ccccc1)C(O)C(F)(F)F. The number of alkyl halides is 3. The number of aliphatic hydroxyl groups excluding tert-OH is 1. The number of rotatable bonds is 2. The molecule has 0 spiro atoms. The maximum atomic E-state index is 12.4. The van der Waals surface area contributed by atoms with E-state index < -0.39 is 20.0 Å². The molecule has 84 valence electrons. The summed E-state index contributed by atoms with van der Waals surface area (Å²) in [7, 11) is -2.89. The Morgan fingerprint density at radius 1 is 1.13 bits per heavy atom. The second kappa shape index (κ2) is 3.98. The summed E-state index contributed by atoms with van der Waals surface area (Å²) in [5, 5.41) is 9.91. The highest BCUT2D eigenvalue weighted by molar-refractivity contribution is 6.90. The van der Waals surface area contributed by atoms with E-state index in [9.17, 15) is 18.3 Å². The topological polar surface area (TPSA) is 20.2 Å². The van der Waals surface area contributed by atoms with Crippen molar-refractivity contribution in [3.63, 3.8) is 0 Å². The third-order valence-corrected chi connectivity index (χ3v) is 6.03. The van der Waals surface area contributed by atoms with Gasteiger partial charge in [0.05, 0.1) is 0 Å². The quantitative estimate of drug-likeness (QED) is 0.777. The molecule has 0 aromatic heterocycles. The van der Waals surface area contributed by atoms with E-state index in [0.717, 1.165) is 0 Å². The summed E-state index contributed by atoms with van der Waals surface area (Å²) in [5.74, 6) is 0. The zero-order valence-corrected chi connectivity index (χ0v) is 9.55. The fourth-order valence-corrected chi connectivity index (χ4v) is 3.62. The normalized spacial score (nSPS) is 15.1. The highest BCUT2D eigenvalue weighted by Gasteiger charge is 2.49. The van der Waals surface area contributed by atoms with E-state index in [-0.39, 0.29) is 0 Å². The van der Waals surface area contributed by atoms with Gasteiger partial charge in [-0.2, -0.15) is 13.2 Å². The molecule has 0 aliphatic carbocycles. The highest BCUT2D eigenvalue weighted by atomic mass is 28.3. The summed E-state index contributed by atoms with van der Waals surface area (Å²) < 4.78 is 37.2. The molecule has 1 unspecified atom stereocenters. The molecular weight excluding hydrogens is 221 g/mol. The van der Waals surface area contributed by atoms with Gasteiger partial charge in [-0.25, -0.2) is 0 Å². The zero-order valence-electron chi connectivity index (χ0n) is 8.55. The first kappa shape index (κ1) is 12.3. The summed E-state index contributed by atoms with van der Waals surface area (Å²) in [6.45, 7) is 3.03. The van der Waals surface area contributed by atoms with Crippen molar-refractivity contribution in [3.05, 3.63) is 30.3 Å². The average molecular weight is 234 g/mol. The first-order valence-electron chi connectivity index (χ1n) is 4.56. The molecule has 0 saturated carbocycles. The Morgan fingerprint density at radius 2 is 1.60 bits per heavy atom. The number of benzene rings is 1. The molecule has 0 fully saturated rings. The van der Waals surface area contributed by atoms with E-state index in [1.807, 2.05) is 0 Å². The molecule has 0 amide bonds. The van der Waals surface area contributed by atoms with Gasteiger partial charge in [0.2, 0.25) is 0 Å². The Morgan fingerprint density at radius 3 is 2.00 bits per heavy atom. The van der Waals surface area contributed by atoms with E-state index in [2.05, 4.69) is 0 Å². The minimum absolute atomic E-state index is 0.606. The monoisotopic (exact) mass is 234 g/mol. The van der Waals surface area contributed by atoms with Gasteiger partial charge in [0.1, 0.15) is 13.8 Å². The summed E-state index contributed by atoms with van der Waals surface area (Å²) in [6.07, 6.45) is -4.54. The molecule has 0 saturated heterocycles. The van der Waals surface area contributed by atoms with Gasteiger partial charge in [0, 0.05) is 0 Å². The van der Waals surface area contributed by atoms with Crippen LogP contribution in [0.5, 0.6) is 0 Å².